The molecule has 18 heavy (non-hydrogen) atoms. The van der Waals surface area contributed by atoms with Crippen LogP contribution in [0.3, 0.4) is 0 Å². The van der Waals surface area contributed by atoms with Crippen molar-refractivity contribution in [2.24, 2.45) is 10.3 Å². The maximum Gasteiger partial charge on any atom is 0.228 e. The Kier molecular flexibility index (Phi) is 5.07. The van der Waals surface area contributed by atoms with Gasteiger partial charge in [-0.05, 0) is 11.5 Å². The number of nitrogens with zero attached hydrogens (tertiary/aromatic N) is 3. The average Bonchev–Trinajstić information content (AvgIpc) is 2.36. The van der Waals surface area contributed by atoms with Gasteiger partial charge in [-0.25, -0.2) is 0 Å². The Morgan fingerprint density at radius 1 is 1.11 bits per heavy atom. The van der Waals surface area contributed by atoms with E-state index in [1.54, 1.807) is 0 Å². The van der Waals surface area contributed by atoms with Crippen molar-refractivity contribution in [3.05, 3.63) is 42.2 Å². The van der Waals surface area contributed by atoms with Crippen LogP contribution in [0, 0.1) is 0 Å². The van der Waals surface area contributed by atoms with Crippen LogP contribution < -0.4 is 17.0 Å². The molecule has 1 aromatic heterocycles. The number of oxime groups is 2. The van der Waals surface area contributed by atoms with Gasteiger partial charge in [-0.1, -0.05) is 28.5 Å². The number of halogens is 1. The topological polar surface area (TPSA) is 69.1 Å². The lowest BCUT2D eigenvalue weighted by atomic mass is 10.1. The maximum absolute atomic E-state index is 8.61. The van der Waals surface area contributed by atoms with E-state index < -0.39 is 0 Å². The summed E-state index contributed by atoms with van der Waals surface area (Å²) in [5.74, 6) is 0. The minimum Gasteiger partial charge on any atom is -1.00 e. The molecular weight excluding hydrogens is 254 g/mol. The van der Waals surface area contributed by atoms with Crippen LogP contribution in [0.4, 0.5) is 0 Å². The lowest BCUT2D eigenvalue weighted by Gasteiger charge is -2.00. The fraction of sp³-hybridized carbons (Fsp3) is 0.0833. The van der Waals surface area contributed by atoms with Crippen molar-refractivity contribution in [3.63, 3.8) is 0 Å². The third-order valence-electron chi connectivity index (χ3n) is 2.48. The van der Waals surface area contributed by atoms with Crippen molar-refractivity contribution in [1.29, 1.82) is 0 Å². The Morgan fingerprint density at radius 3 is 2.50 bits per heavy atom. The van der Waals surface area contributed by atoms with Crippen LogP contribution in [0.2, 0.25) is 0 Å². The van der Waals surface area contributed by atoms with Crippen molar-refractivity contribution in [1.82, 2.24) is 0 Å². The molecule has 2 N–H and O–H groups in total. The van der Waals surface area contributed by atoms with Crippen LogP contribution in [-0.4, -0.2) is 22.8 Å². The molecule has 1 heterocycles. The van der Waals surface area contributed by atoms with Gasteiger partial charge >= 0.3 is 0 Å². The van der Waals surface area contributed by atoms with Gasteiger partial charge in [0.1, 0.15) is 12.4 Å². The van der Waals surface area contributed by atoms with E-state index in [0.717, 1.165) is 16.5 Å². The van der Waals surface area contributed by atoms with Crippen LogP contribution in [0.5, 0.6) is 0 Å². The van der Waals surface area contributed by atoms with E-state index in [0.29, 0.717) is 6.54 Å². The number of aromatic nitrogens is 1. The molecule has 0 bridgehead atoms. The first kappa shape index (κ1) is 13.9. The fourth-order valence-electron chi connectivity index (χ4n) is 1.70. The third-order valence-corrected chi connectivity index (χ3v) is 2.48. The quantitative estimate of drug-likeness (QED) is 0.304. The Morgan fingerprint density at radius 2 is 1.83 bits per heavy atom. The Labute approximate surface area is 110 Å². The Hall–Kier alpha value is -2.14. The maximum atomic E-state index is 8.61. The van der Waals surface area contributed by atoms with Gasteiger partial charge in [-0.3, -0.25) is 0 Å². The molecule has 0 fully saturated rings. The summed E-state index contributed by atoms with van der Waals surface area (Å²) in [6.45, 7) is 0.405. The molecule has 0 spiro atoms. The summed E-state index contributed by atoms with van der Waals surface area (Å²) in [4.78, 5) is 0. The molecule has 0 radical (unpaired) electrons. The van der Waals surface area contributed by atoms with Gasteiger partial charge in [0.25, 0.3) is 0 Å². The summed E-state index contributed by atoms with van der Waals surface area (Å²) in [6.07, 6.45) is 4.62. The number of rotatable bonds is 3. The summed E-state index contributed by atoms with van der Waals surface area (Å²) in [5.41, 5.74) is 0.728. The zero-order chi connectivity index (χ0) is 12.1. The summed E-state index contributed by atoms with van der Waals surface area (Å²) in [5, 5.41) is 25.2. The molecule has 0 aliphatic rings. The lowest BCUT2D eigenvalue weighted by Crippen LogP contribution is -3.00. The lowest BCUT2D eigenvalue weighted by molar-refractivity contribution is -0.680. The molecule has 0 amide bonds. The summed E-state index contributed by atoms with van der Waals surface area (Å²) < 4.78 is 1.82. The van der Waals surface area contributed by atoms with Gasteiger partial charge in [-0.2, -0.15) is 4.57 Å². The van der Waals surface area contributed by atoms with Gasteiger partial charge in [0.05, 0.1) is 0 Å². The molecule has 5 nitrogen and oxygen atoms in total. The second kappa shape index (κ2) is 6.56. The van der Waals surface area contributed by atoms with Crippen molar-refractivity contribution in [2.45, 2.75) is 6.54 Å². The largest absolute Gasteiger partial charge is 1.00 e. The minimum absolute atomic E-state index is 0. The summed E-state index contributed by atoms with van der Waals surface area (Å²) in [6, 6.07) is 9.77. The highest BCUT2D eigenvalue weighted by atomic mass is 35.5. The molecule has 1 aromatic carbocycles. The van der Waals surface area contributed by atoms with Crippen molar-refractivity contribution in [2.75, 3.05) is 0 Å². The number of pyridine rings is 1. The number of hydrogen-bond acceptors (Lipinski definition) is 4. The molecule has 0 unspecified atom stereocenters. The van der Waals surface area contributed by atoms with Gasteiger partial charge < -0.3 is 22.8 Å². The SMILES string of the molecule is O/N=C\C[n+]1cc2ccccc2cc1/C=N\O.[Cl-]. The van der Waals surface area contributed by atoms with Crippen LogP contribution in [0.15, 0.2) is 46.8 Å². The van der Waals surface area contributed by atoms with E-state index >= 15 is 0 Å². The van der Waals surface area contributed by atoms with E-state index in [4.69, 9.17) is 10.4 Å². The highest BCUT2D eigenvalue weighted by Gasteiger charge is 2.09. The number of hydrogen-bond donors (Lipinski definition) is 2. The van der Waals surface area contributed by atoms with Crippen LogP contribution in [0.1, 0.15) is 5.69 Å². The summed E-state index contributed by atoms with van der Waals surface area (Å²) in [7, 11) is 0. The standard InChI is InChI=1S/C12H11N3O2.ClH/c16-13-5-6-15-9-11-4-2-1-3-10(11)7-12(15)8-14-17;/h1-5,7-9,16H,6H2;1H/b13-5-;. The highest BCUT2D eigenvalue weighted by Crippen LogP contribution is 2.11. The van der Waals surface area contributed by atoms with Gasteiger partial charge in [-0.15, -0.1) is 0 Å². The smallest absolute Gasteiger partial charge is 0.228 e. The molecule has 94 valence electrons. The van der Waals surface area contributed by atoms with Crippen LogP contribution >= 0.6 is 0 Å². The normalized spacial score (nSPS) is 11.1. The number of fused-ring (bicyclic) bond motifs is 1. The first-order valence-corrected chi connectivity index (χ1v) is 5.10. The second-order valence-corrected chi connectivity index (χ2v) is 3.52. The molecule has 0 saturated carbocycles. The second-order valence-electron chi connectivity index (χ2n) is 3.52. The fourth-order valence-corrected chi connectivity index (χ4v) is 1.70. The average molecular weight is 266 g/mol. The molecule has 0 aliphatic carbocycles. The minimum atomic E-state index is 0. The van der Waals surface area contributed by atoms with E-state index in [2.05, 4.69) is 10.3 Å². The molecule has 2 rings (SSSR count). The van der Waals surface area contributed by atoms with Gasteiger partial charge in [0.15, 0.2) is 12.7 Å². The van der Waals surface area contributed by atoms with Gasteiger partial charge in [0, 0.05) is 11.5 Å². The Bertz CT molecular complexity index is 585. The van der Waals surface area contributed by atoms with Crippen molar-refractivity contribution >= 4 is 23.2 Å². The summed E-state index contributed by atoms with van der Waals surface area (Å²) >= 11 is 0. The molecule has 0 saturated heterocycles. The van der Waals surface area contributed by atoms with Crippen LogP contribution in [0.25, 0.3) is 10.8 Å². The Balaban J connectivity index is 0.00000162. The van der Waals surface area contributed by atoms with Gasteiger partial charge in [0.2, 0.25) is 5.69 Å². The zero-order valence-corrected chi connectivity index (χ0v) is 10.2. The monoisotopic (exact) mass is 265 g/mol. The third kappa shape index (κ3) is 2.95. The molecule has 2 aromatic rings. The molecule has 6 heteroatoms. The predicted molar refractivity (Wildman–Crippen MR) is 63.8 cm³/mol. The first-order chi connectivity index (χ1) is 8.35. The molecular formula is C12H12ClN3O2. The van der Waals surface area contributed by atoms with E-state index in [9.17, 15) is 0 Å². The van der Waals surface area contributed by atoms with Crippen molar-refractivity contribution in [3.8, 4) is 0 Å². The predicted octanol–water partition coefficient (Wildman–Crippen LogP) is -1.60. The zero-order valence-electron chi connectivity index (χ0n) is 9.44. The molecule has 0 aliphatic heterocycles. The van der Waals surface area contributed by atoms with Crippen LogP contribution in [-0.2, 0) is 6.54 Å². The van der Waals surface area contributed by atoms with E-state index in [1.165, 1.54) is 12.4 Å². The van der Waals surface area contributed by atoms with Crippen molar-refractivity contribution < 1.29 is 27.4 Å². The number of benzene rings is 1. The van der Waals surface area contributed by atoms with E-state index in [-0.39, 0.29) is 12.4 Å². The highest BCUT2D eigenvalue weighted by molar-refractivity contribution is 5.86. The first-order valence-electron chi connectivity index (χ1n) is 5.10. The molecule has 0 atom stereocenters. The van der Waals surface area contributed by atoms with E-state index in [1.807, 2.05) is 41.1 Å².